The number of benzene rings is 2. The topological polar surface area (TPSA) is 73.3 Å². The molecule has 0 fully saturated rings. The summed E-state index contributed by atoms with van der Waals surface area (Å²) < 4.78 is 11.2. The lowest BCUT2D eigenvalue weighted by molar-refractivity contribution is 0.102. The minimum absolute atomic E-state index is 0.254. The molecular formula is C22H25N3O3S. The number of nitrogens with zero attached hydrogens (tertiary/aromatic N) is 2. The predicted octanol–water partition coefficient (Wildman–Crippen LogP) is 5.28. The normalized spacial score (nSPS) is 11.7. The molecule has 0 aliphatic rings. The molecule has 7 heteroatoms. The van der Waals surface area contributed by atoms with E-state index in [1.165, 1.54) is 16.9 Å². The highest BCUT2D eigenvalue weighted by molar-refractivity contribution is 7.15. The van der Waals surface area contributed by atoms with Crippen molar-refractivity contribution in [2.75, 3.05) is 11.9 Å². The van der Waals surface area contributed by atoms with E-state index in [1.54, 1.807) is 18.2 Å². The smallest absolute Gasteiger partial charge is 0.257 e. The van der Waals surface area contributed by atoms with Gasteiger partial charge in [-0.1, -0.05) is 43.4 Å². The van der Waals surface area contributed by atoms with Crippen LogP contribution in [0.4, 0.5) is 5.13 Å². The maximum atomic E-state index is 12.4. The minimum atomic E-state index is -0.254. The van der Waals surface area contributed by atoms with Gasteiger partial charge in [0.1, 0.15) is 18.1 Å². The van der Waals surface area contributed by atoms with Crippen LogP contribution in [0, 0.1) is 0 Å². The molecule has 6 nitrogen and oxygen atoms in total. The lowest BCUT2D eigenvalue weighted by Crippen LogP contribution is -2.11. The van der Waals surface area contributed by atoms with Crippen LogP contribution in [0.1, 0.15) is 54.0 Å². The van der Waals surface area contributed by atoms with Crippen molar-refractivity contribution < 1.29 is 14.3 Å². The number of hydrogen-bond donors (Lipinski definition) is 1. The standard InChI is InChI=1S/C22H25N3O3S/c1-4-15(3)16-9-11-18(12-10-16)28-14-20-24-25-22(29-20)23-21(26)17-7-6-8-19(13-17)27-5-2/h6-13,15H,4-5,14H2,1-3H3,(H,23,25,26)/t15-/m0/s1. The van der Waals surface area contributed by atoms with Gasteiger partial charge in [0, 0.05) is 5.56 Å². The number of amides is 1. The molecule has 0 aliphatic carbocycles. The van der Waals surface area contributed by atoms with Gasteiger partial charge in [-0.2, -0.15) is 0 Å². The Morgan fingerprint density at radius 2 is 1.86 bits per heavy atom. The molecule has 3 rings (SSSR count). The summed E-state index contributed by atoms with van der Waals surface area (Å²) in [5, 5.41) is 12.0. The van der Waals surface area contributed by atoms with Gasteiger partial charge in [-0.3, -0.25) is 10.1 Å². The first-order valence-electron chi connectivity index (χ1n) is 9.68. The third-order valence-electron chi connectivity index (χ3n) is 4.52. The van der Waals surface area contributed by atoms with Crippen molar-refractivity contribution >= 4 is 22.4 Å². The molecule has 1 amide bonds. The average Bonchev–Trinajstić information content (AvgIpc) is 3.20. The fourth-order valence-electron chi connectivity index (χ4n) is 2.70. The first kappa shape index (κ1) is 20.8. The van der Waals surface area contributed by atoms with Crippen LogP contribution in [-0.2, 0) is 6.61 Å². The van der Waals surface area contributed by atoms with Gasteiger partial charge in [0.25, 0.3) is 5.91 Å². The second-order valence-corrected chi connectivity index (χ2v) is 7.65. The SMILES string of the molecule is CCOc1cccc(C(=O)Nc2nnc(COc3ccc([C@@H](C)CC)cc3)s2)c1. The first-order valence-corrected chi connectivity index (χ1v) is 10.5. The van der Waals surface area contributed by atoms with Crippen LogP contribution in [-0.4, -0.2) is 22.7 Å². The van der Waals surface area contributed by atoms with Crippen molar-refractivity contribution in [2.45, 2.75) is 39.7 Å². The number of carbonyl (C=O) groups is 1. The molecule has 1 atom stereocenters. The minimum Gasteiger partial charge on any atom is -0.494 e. The Labute approximate surface area is 174 Å². The number of aromatic nitrogens is 2. The second-order valence-electron chi connectivity index (χ2n) is 6.58. The fourth-order valence-corrected chi connectivity index (χ4v) is 3.35. The lowest BCUT2D eigenvalue weighted by Gasteiger charge is -2.10. The van der Waals surface area contributed by atoms with Crippen LogP contribution in [0.15, 0.2) is 48.5 Å². The van der Waals surface area contributed by atoms with Gasteiger partial charge in [0.15, 0.2) is 5.01 Å². The Morgan fingerprint density at radius 1 is 1.07 bits per heavy atom. The molecule has 0 saturated heterocycles. The van der Waals surface area contributed by atoms with E-state index < -0.39 is 0 Å². The number of anilines is 1. The molecule has 2 aromatic carbocycles. The molecule has 1 N–H and O–H groups in total. The summed E-state index contributed by atoms with van der Waals surface area (Å²) in [6, 6.07) is 15.1. The van der Waals surface area contributed by atoms with Gasteiger partial charge >= 0.3 is 0 Å². The van der Waals surface area contributed by atoms with Crippen LogP contribution in [0.3, 0.4) is 0 Å². The highest BCUT2D eigenvalue weighted by atomic mass is 32.1. The largest absolute Gasteiger partial charge is 0.494 e. The van der Waals surface area contributed by atoms with Gasteiger partial charge in [0.2, 0.25) is 5.13 Å². The maximum absolute atomic E-state index is 12.4. The molecule has 3 aromatic rings. The zero-order valence-corrected chi connectivity index (χ0v) is 17.7. The molecular weight excluding hydrogens is 386 g/mol. The van der Waals surface area contributed by atoms with E-state index in [0.29, 0.717) is 40.6 Å². The van der Waals surface area contributed by atoms with E-state index in [2.05, 4.69) is 41.5 Å². The Balaban J connectivity index is 1.55. The summed E-state index contributed by atoms with van der Waals surface area (Å²) in [6.07, 6.45) is 1.11. The van der Waals surface area contributed by atoms with E-state index >= 15 is 0 Å². The van der Waals surface area contributed by atoms with Crippen LogP contribution < -0.4 is 14.8 Å². The van der Waals surface area contributed by atoms with Gasteiger partial charge in [-0.25, -0.2) is 0 Å². The second kappa shape index (κ2) is 10.0. The van der Waals surface area contributed by atoms with Gasteiger partial charge in [-0.05, 0) is 55.2 Å². The van der Waals surface area contributed by atoms with E-state index in [-0.39, 0.29) is 5.91 Å². The number of nitrogens with one attached hydrogen (secondary N) is 1. The molecule has 152 valence electrons. The van der Waals surface area contributed by atoms with Crippen molar-refractivity contribution in [3.8, 4) is 11.5 Å². The molecule has 1 aromatic heterocycles. The maximum Gasteiger partial charge on any atom is 0.257 e. The molecule has 1 heterocycles. The monoisotopic (exact) mass is 411 g/mol. The Morgan fingerprint density at radius 3 is 2.59 bits per heavy atom. The quantitative estimate of drug-likeness (QED) is 0.518. The Hall–Kier alpha value is -2.93. The average molecular weight is 412 g/mol. The third kappa shape index (κ3) is 5.77. The zero-order valence-electron chi connectivity index (χ0n) is 16.8. The van der Waals surface area contributed by atoms with Crippen molar-refractivity contribution in [3.05, 3.63) is 64.7 Å². The lowest BCUT2D eigenvalue weighted by atomic mass is 9.99. The molecule has 0 unspecified atom stereocenters. The summed E-state index contributed by atoms with van der Waals surface area (Å²) in [5.41, 5.74) is 1.81. The highest BCUT2D eigenvalue weighted by Crippen LogP contribution is 2.23. The number of ether oxygens (including phenoxy) is 2. The Bertz CT molecular complexity index is 940. The number of rotatable bonds is 9. The molecule has 0 bridgehead atoms. The molecule has 0 saturated carbocycles. The molecule has 0 radical (unpaired) electrons. The number of carbonyl (C=O) groups excluding carboxylic acids is 1. The molecule has 0 spiro atoms. The first-order chi connectivity index (χ1) is 14.1. The van der Waals surface area contributed by atoms with E-state index in [4.69, 9.17) is 9.47 Å². The van der Waals surface area contributed by atoms with Crippen LogP contribution >= 0.6 is 11.3 Å². The third-order valence-corrected chi connectivity index (χ3v) is 5.33. The Kier molecular flexibility index (Phi) is 7.19. The zero-order chi connectivity index (χ0) is 20.6. The van der Waals surface area contributed by atoms with E-state index in [0.717, 1.165) is 12.2 Å². The summed E-state index contributed by atoms with van der Waals surface area (Å²) in [4.78, 5) is 12.4. The van der Waals surface area contributed by atoms with Gasteiger partial charge in [-0.15, -0.1) is 10.2 Å². The van der Waals surface area contributed by atoms with Crippen molar-refractivity contribution in [1.82, 2.24) is 10.2 Å². The predicted molar refractivity (Wildman–Crippen MR) is 115 cm³/mol. The molecule has 29 heavy (non-hydrogen) atoms. The van der Waals surface area contributed by atoms with Gasteiger partial charge < -0.3 is 9.47 Å². The summed E-state index contributed by atoms with van der Waals surface area (Å²) in [5.74, 6) is 1.72. The number of hydrogen-bond acceptors (Lipinski definition) is 6. The fraction of sp³-hybridized carbons (Fsp3) is 0.318. The van der Waals surface area contributed by atoms with Crippen molar-refractivity contribution in [3.63, 3.8) is 0 Å². The summed E-state index contributed by atoms with van der Waals surface area (Å²) in [7, 11) is 0. The summed E-state index contributed by atoms with van der Waals surface area (Å²) in [6.45, 7) is 7.13. The van der Waals surface area contributed by atoms with E-state index in [1.807, 2.05) is 25.1 Å². The van der Waals surface area contributed by atoms with Crippen LogP contribution in [0.5, 0.6) is 11.5 Å². The van der Waals surface area contributed by atoms with Crippen molar-refractivity contribution in [2.24, 2.45) is 0 Å². The van der Waals surface area contributed by atoms with E-state index in [9.17, 15) is 4.79 Å². The van der Waals surface area contributed by atoms with Crippen LogP contribution in [0.2, 0.25) is 0 Å². The highest BCUT2D eigenvalue weighted by Gasteiger charge is 2.12. The molecule has 0 aliphatic heterocycles. The van der Waals surface area contributed by atoms with Crippen LogP contribution in [0.25, 0.3) is 0 Å². The van der Waals surface area contributed by atoms with Gasteiger partial charge in [0.05, 0.1) is 6.61 Å². The summed E-state index contributed by atoms with van der Waals surface area (Å²) >= 11 is 1.29. The van der Waals surface area contributed by atoms with Crippen molar-refractivity contribution in [1.29, 1.82) is 0 Å².